The molecule has 1 atom stereocenters. The van der Waals surface area contributed by atoms with Crippen LogP contribution in [-0.2, 0) is 23.0 Å². The Kier molecular flexibility index (Phi) is 4.49. The minimum atomic E-state index is -0.285. The minimum absolute atomic E-state index is 0.134. The first kappa shape index (κ1) is 13.2. The lowest BCUT2D eigenvalue weighted by molar-refractivity contribution is -0.135. The second-order valence-electron chi connectivity index (χ2n) is 4.78. The molecule has 0 spiro atoms. The van der Waals surface area contributed by atoms with Crippen LogP contribution in [0, 0.1) is 0 Å². The molecule has 0 bridgehead atoms. The normalized spacial score (nSPS) is 21.1. The number of hydrogen-bond acceptors (Lipinski definition) is 4. The summed E-state index contributed by atoms with van der Waals surface area (Å²) in [5, 5.41) is 4.23. The SMILES string of the molecule is CCCN1CCOC(C(=O)Cc2ccn(C)n2)C1. The first-order valence-corrected chi connectivity index (χ1v) is 6.54. The molecule has 5 heteroatoms. The van der Waals surface area contributed by atoms with E-state index in [1.54, 1.807) is 4.68 Å². The lowest BCUT2D eigenvalue weighted by Crippen LogP contribution is -2.46. The number of nitrogens with zero attached hydrogens (tertiary/aromatic N) is 3. The average Bonchev–Trinajstić information content (AvgIpc) is 2.75. The van der Waals surface area contributed by atoms with Crippen LogP contribution in [0.15, 0.2) is 12.3 Å². The van der Waals surface area contributed by atoms with Gasteiger partial charge in [-0.15, -0.1) is 0 Å². The van der Waals surface area contributed by atoms with Crippen molar-refractivity contribution in [2.24, 2.45) is 7.05 Å². The van der Waals surface area contributed by atoms with Crippen molar-refractivity contribution in [1.82, 2.24) is 14.7 Å². The predicted octanol–water partition coefficient (Wildman–Crippen LogP) is 0.642. The van der Waals surface area contributed by atoms with Gasteiger partial charge in [0.15, 0.2) is 5.78 Å². The highest BCUT2D eigenvalue weighted by Crippen LogP contribution is 2.09. The fourth-order valence-corrected chi connectivity index (χ4v) is 2.27. The van der Waals surface area contributed by atoms with E-state index in [-0.39, 0.29) is 11.9 Å². The van der Waals surface area contributed by atoms with Crippen molar-refractivity contribution in [3.63, 3.8) is 0 Å². The van der Waals surface area contributed by atoms with Gasteiger partial charge in [0.25, 0.3) is 0 Å². The second-order valence-corrected chi connectivity index (χ2v) is 4.78. The van der Waals surface area contributed by atoms with Gasteiger partial charge in [-0.05, 0) is 19.0 Å². The Labute approximate surface area is 108 Å². The molecule has 0 saturated carbocycles. The molecule has 1 aromatic rings. The van der Waals surface area contributed by atoms with Crippen LogP contribution >= 0.6 is 0 Å². The van der Waals surface area contributed by atoms with E-state index in [2.05, 4.69) is 16.9 Å². The fraction of sp³-hybridized carbons (Fsp3) is 0.692. The summed E-state index contributed by atoms with van der Waals surface area (Å²) >= 11 is 0. The van der Waals surface area contributed by atoms with Crippen LogP contribution in [0.1, 0.15) is 19.0 Å². The maximum Gasteiger partial charge on any atom is 0.168 e. The molecule has 0 amide bonds. The number of ketones is 1. The van der Waals surface area contributed by atoms with Gasteiger partial charge in [0.05, 0.1) is 18.7 Å². The zero-order chi connectivity index (χ0) is 13.0. The summed E-state index contributed by atoms with van der Waals surface area (Å²) in [6.07, 6.45) is 3.05. The number of Topliss-reactive ketones (excluding diaryl/α,β-unsaturated/α-hetero) is 1. The summed E-state index contributed by atoms with van der Waals surface area (Å²) in [6, 6.07) is 1.88. The zero-order valence-corrected chi connectivity index (χ0v) is 11.1. The van der Waals surface area contributed by atoms with Gasteiger partial charge in [0.1, 0.15) is 6.10 Å². The molecule has 1 saturated heterocycles. The Hall–Kier alpha value is -1.20. The minimum Gasteiger partial charge on any atom is -0.368 e. The van der Waals surface area contributed by atoms with Gasteiger partial charge >= 0.3 is 0 Å². The van der Waals surface area contributed by atoms with Gasteiger partial charge in [-0.2, -0.15) is 5.10 Å². The van der Waals surface area contributed by atoms with E-state index >= 15 is 0 Å². The van der Waals surface area contributed by atoms with Crippen LogP contribution in [0.4, 0.5) is 0 Å². The highest BCUT2D eigenvalue weighted by atomic mass is 16.5. The summed E-state index contributed by atoms with van der Waals surface area (Å²) in [6.45, 7) is 5.50. The molecule has 100 valence electrons. The molecule has 0 aliphatic carbocycles. The Morgan fingerprint density at radius 3 is 3.11 bits per heavy atom. The Balaban J connectivity index is 1.88. The van der Waals surface area contributed by atoms with E-state index in [9.17, 15) is 4.79 Å². The Bertz CT molecular complexity index is 401. The van der Waals surface area contributed by atoms with E-state index in [1.165, 1.54) is 0 Å². The van der Waals surface area contributed by atoms with Crippen LogP contribution in [0.25, 0.3) is 0 Å². The number of hydrogen-bond donors (Lipinski definition) is 0. The summed E-state index contributed by atoms with van der Waals surface area (Å²) < 4.78 is 7.29. The van der Waals surface area contributed by atoms with Crippen molar-refractivity contribution in [3.8, 4) is 0 Å². The molecular weight excluding hydrogens is 230 g/mol. The zero-order valence-electron chi connectivity index (χ0n) is 11.1. The van der Waals surface area contributed by atoms with Crippen LogP contribution in [-0.4, -0.2) is 52.8 Å². The predicted molar refractivity (Wildman–Crippen MR) is 68.4 cm³/mol. The van der Waals surface area contributed by atoms with Crippen molar-refractivity contribution < 1.29 is 9.53 Å². The van der Waals surface area contributed by atoms with Crippen molar-refractivity contribution in [3.05, 3.63) is 18.0 Å². The summed E-state index contributed by atoms with van der Waals surface area (Å²) in [7, 11) is 1.86. The Morgan fingerprint density at radius 1 is 1.61 bits per heavy atom. The van der Waals surface area contributed by atoms with Crippen LogP contribution in [0.2, 0.25) is 0 Å². The van der Waals surface area contributed by atoms with Crippen LogP contribution < -0.4 is 0 Å². The maximum atomic E-state index is 12.1. The number of ether oxygens (including phenoxy) is 1. The van der Waals surface area contributed by atoms with E-state index in [4.69, 9.17) is 4.74 Å². The molecular formula is C13H21N3O2. The van der Waals surface area contributed by atoms with Crippen molar-refractivity contribution in [1.29, 1.82) is 0 Å². The molecule has 2 rings (SSSR count). The third kappa shape index (κ3) is 3.40. The third-order valence-corrected chi connectivity index (χ3v) is 3.17. The van der Waals surface area contributed by atoms with Gasteiger partial charge in [-0.25, -0.2) is 0 Å². The molecule has 1 fully saturated rings. The number of carbonyl (C=O) groups excluding carboxylic acids is 1. The quantitative estimate of drug-likeness (QED) is 0.770. The van der Waals surface area contributed by atoms with Crippen molar-refractivity contribution >= 4 is 5.78 Å². The smallest absolute Gasteiger partial charge is 0.168 e. The molecule has 0 radical (unpaired) electrons. The van der Waals surface area contributed by atoms with E-state index in [0.29, 0.717) is 13.0 Å². The molecule has 1 aromatic heterocycles. The van der Waals surface area contributed by atoms with Gasteiger partial charge in [-0.3, -0.25) is 14.4 Å². The highest BCUT2D eigenvalue weighted by Gasteiger charge is 2.26. The van der Waals surface area contributed by atoms with Crippen molar-refractivity contribution in [2.45, 2.75) is 25.9 Å². The number of aromatic nitrogens is 2. The summed E-state index contributed by atoms with van der Waals surface area (Å²) in [4.78, 5) is 14.4. The number of rotatable bonds is 5. The molecule has 1 aliphatic heterocycles. The van der Waals surface area contributed by atoms with E-state index < -0.39 is 0 Å². The second kappa shape index (κ2) is 6.11. The number of morpholine rings is 1. The maximum absolute atomic E-state index is 12.1. The molecule has 2 heterocycles. The van der Waals surface area contributed by atoms with Gasteiger partial charge in [0.2, 0.25) is 0 Å². The van der Waals surface area contributed by atoms with Crippen molar-refractivity contribution in [2.75, 3.05) is 26.2 Å². The van der Waals surface area contributed by atoms with Gasteiger partial charge in [-0.1, -0.05) is 6.92 Å². The molecule has 1 unspecified atom stereocenters. The average molecular weight is 251 g/mol. The molecule has 18 heavy (non-hydrogen) atoms. The largest absolute Gasteiger partial charge is 0.368 e. The van der Waals surface area contributed by atoms with Gasteiger partial charge < -0.3 is 4.74 Å². The van der Waals surface area contributed by atoms with Crippen LogP contribution in [0.3, 0.4) is 0 Å². The summed E-state index contributed by atoms with van der Waals surface area (Å²) in [5.74, 6) is 0.134. The number of aryl methyl sites for hydroxylation is 1. The van der Waals surface area contributed by atoms with E-state index in [1.807, 2.05) is 19.3 Å². The lowest BCUT2D eigenvalue weighted by atomic mass is 10.1. The molecule has 0 aromatic carbocycles. The molecule has 1 aliphatic rings. The van der Waals surface area contributed by atoms with Gasteiger partial charge in [0, 0.05) is 26.3 Å². The topological polar surface area (TPSA) is 47.4 Å². The first-order chi connectivity index (χ1) is 8.69. The van der Waals surface area contributed by atoms with E-state index in [0.717, 1.165) is 31.7 Å². The third-order valence-electron chi connectivity index (χ3n) is 3.17. The fourth-order valence-electron chi connectivity index (χ4n) is 2.27. The first-order valence-electron chi connectivity index (χ1n) is 6.54. The lowest BCUT2D eigenvalue weighted by Gasteiger charge is -2.31. The monoisotopic (exact) mass is 251 g/mol. The number of carbonyl (C=O) groups is 1. The standard InChI is InChI=1S/C13H21N3O2/c1-3-5-16-7-8-18-13(10-16)12(17)9-11-4-6-15(2)14-11/h4,6,13H,3,5,7-10H2,1-2H3. The molecule has 5 nitrogen and oxygen atoms in total. The highest BCUT2D eigenvalue weighted by molar-refractivity contribution is 5.85. The Morgan fingerprint density at radius 2 is 2.44 bits per heavy atom. The van der Waals surface area contributed by atoms with Crippen LogP contribution in [0.5, 0.6) is 0 Å². The molecule has 0 N–H and O–H groups in total. The summed E-state index contributed by atoms with van der Waals surface area (Å²) in [5.41, 5.74) is 0.818.